The number of amides is 1. The van der Waals surface area contributed by atoms with Gasteiger partial charge in [0, 0.05) is 17.8 Å². The molecule has 2 heterocycles. The summed E-state index contributed by atoms with van der Waals surface area (Å²) in [5.74, 6) is -0.441. The molecule has 3 rings (SSSR count). The Bertz CT molecular complexity index is 868. The van der Waals surface area contributed by atoms with Crippen molar-refractivity contribution in [2.45, 2.75) is 13.5 Å². The maximum atomic E-state index is 12.5. The number of aryl methyl sites for hydroxylation is 1. The van der Waals surface area contributed by atoms with Crippen LogP contribution in [0.25, 0.3) is 0 Å². The molecule has 0 fully saturated rings. The third kappa shape index (κ3) is 3.54. The van der Waals surface area contributed by atoms with E-state index in [1.54, 1.807) is 23.8 Å². The molecule has 0 aliphatic heterocycles. The first-order valence-corrected chi connectivity index (χ1v) is 7.97. The molecule has 0 atom stereocenters. The molecule has 0 radical (unpaired) electrons. The highest BCUT2D eigenvalue weighted by molar-refractivity contribution is 7.13. The van der Waals surface area contributed by atoms with Gasteiger partial charge in [-0.15, -0.1) is 11.3 Å². The van der Waals surface area contributed by atoms with Gasteiger partial charge >= 0.3 is 0 Å². The minimum absolute atomic E-state index is 0.106. The van der Waals surface area contributed by atoms with Gasteiger partial charge in [0.15, 0.2) is 5.13 Å². The van der Waals surface area contributed by atoms with Gasteiger partial charge in [0.2, 0.25) is 0 Å². The van der Waals surface area contributed by atoms with Crippen LogP contribution in [0.2, 0.25) is 0 Å². The van der Waals surface area contributed by atoms with E-state index in [2.05, 4.69) is 10.3 Å². The minimum Gasteiger partial charge on any atom is -0.310 e. The van der Waals surface area contributed by atoms with Crippen molar-refractivity contribution in [3.05, 3.63) is 81.2 Å². The molecule has 6 heteroatoms. The SMILES string of the molecule is Cc1ccc(Cn2cccc(C(=O)Nc3nccs3)c2=O)cc1. The molecular weight excluding hydrogens is 310 g/mol. The average molecular weight is 325 g/mol. The van der Waals surface area contributed by atoms with E-state index in [1.165, 1.54) is 22.0 Å². The number of aromatic nitrogens is 2. The van der Waals surface area contributed by atoms with Crippen LogP contribution in [0, 0.1) is 6.92 Å². The highest BCUT2D eigenvalue weighted by atomic mass is 32.1. The Kier molecular flexibility index (Phi) is 4.34. The van der Waals surface area contributed by atoms with Crippen LogP contribution in [0.5, 0.6) is 0 Å². The van der Waals surface area contributed by atoms with E-state index in [4.69, 9.17) is 0 Å². The number of hydrogen-bond acceptors (Lipinski definition) is 4. The zero-order valence-corrected chi connectivity index (χ0v) is 13.3. The smallest absolute Gasteiger partial charge is 0.263 e. The highest BCUT2D eigenvalue weighted by Crippen LogP contribution is 2.11. The van der Waals surface area contributed by atoms with E-state index in [0.717, 1.165) is 11.1 Å². The second-order valence-electron chi connectivity index (χ2n) is 5.13. The van der Waals surface area contributed by atoms with Gasteiger partial charge in [-0.05, 0) is 24.6 Å². The van der Waals surface area contributed by atoms with Crippen LogP contribution in [-0.4, -0.2) is 15.5 Å². The van der Waals surface area contributed by atoms with Gasteiger partial charge in [0.25, 0.3) is 11.5 Å². The van der Waals surface area contributed by atoms with E-state index in [0.29, 0.717) is 11.7 Å². The fraction of sp³-hybridized carbons (Fsp3) is 0.118. The molecule has 0 unspecified atom stereocenters. The molecule has 3 aromatic rings. The number of thiazole rings is 1. The van der Waals surface area contributed by atoms with Gasteiger partial charge < -0.3 is 4.57 Å². The van der Waals surface area contributed by atoms with E-state index >= 15 is 0 Å². The maximum Gasteiger partial charge on any atom is 0.263 e. The fourth-order valence-electron chi connectivity index (χ4n) is 2.17. The first-order valence-electron chi connectivity index (χ1n) is 7.09. The van der Waals surface area contributed by atoms with E-state index in [-0.39, 0.29) is 11.1 Å². The molecule has 0 saturated heterocycles. The summed E-state index contributed by atoms with van der Waals surface area (Å²) in [7, 11) is 0. The van der Waals surface area contributed by atoms with Gasteiger partial charge in [0.05, 0.1) is 6.54 Å². The lowest BCUT2D eigenvalue weighted by Gasteiger charge is -2.08. The van der Waals surface area contributed by atoms with Crippen molar-refractivity contribution in [1.29, 1.82) is 0 Å². The molecule has 5 nitrogen and oxygen atoms in total. The summed E-state index contributed by atoms with van der Waals surface area (Å²) in [5, 5.41) is 4.87. The summed E-state index contributed by atoms with van der Waals surface area (Å²) in [6.45, 7) is 2.44. The van der Waals surface area contributed by atoms with Crippen LogP contribution in [0.3, 0.4) is 0 Å². The Morgan fingerprint density at radius 2 is 2.04 bits per heavy atom. The Balaban J connectivity index is 1.84. The first kappa shape index (κ1) is 15.2. The molecular formula is C17H15N3O2S. The number of rotatable bonds is 4. The summed E-state index contributed by atoms with van der Waals surface area (Å²) in [6.07, 6.45) is 3.28. The normalized spacial score (nSPS) is 10.5. The van der Waals surface area contributed by atoms with E-state index in [9.17, 15) is 9.59 Å². The Morgan fingerprint density at radius 1 is 1.26 bits per heavy atom. The number of carbonyl (C=O) groups excluding carboxylic acids is 1. The molecule has 0 bridgehead atoms. The molecule has 0 aliphatic rings. The zero-order valence-electron chi connectivity index (χ0n) is 12.5. The van der Waals surface area contributed by atoms with Gasteiger partial charge in [-0.25, -0.2) is 4.98 Å². The van der Waals surface area contributed by atoms with Crippen molar-refractivity contribution in [1.82, 2.24) is 9.55 Å². The Morgan fingerprint density at radius 3 is 2.74 bits per heavy atom. The van der Waals surface area contributed by atoms with Crippen molar-refractivity contribution < 1.29 is 4.79 Å². The van der Waals surface area contributed by atoms with Gasteiger partial charge in [-0.1, -0.05) is 29.8 Å². The van der Waals surface area contributed by atoms with Crippen LogP contribution in [0.4, 0.5) is 5.13 Å². The molecule has 0 spiro atoms. The van der Waals surface area contributed by atoms with Crippen molar-refractivity contribution in [3.8, 4) is 0 Å². The standard InChI is InChI=1S/C17H15N3O2S/c1-12-4-6-13(7-5-12)11-20-9-2-3-14(16(20)22)15(21)19-17-18-8-10-23-17/h2-10H,11H2,1H3,(H,18,19,21). The van der Waals surface area contributed by atoms with Crippen molar-refractivity contribution in [2.24, 2.45) is 0 Å². The molecule has 1 aromatic carbocycles. The predicted octanol–water partition coefficient (Wildman–Crippen LogP) is 2.91. The van der Waals surface area contributed by atoms with E-state index < -0.39 is 5.91 Å². The topological polar surface area (TPSA) is 64.0 Å². The Labute approximate surface area is 137 Å². The van der Waals surface area contributed by atoms with Crippen LogP contribution < -0.4 is 10.9 Å². The number of carbonyl (C=O) groups is 1. The van der Waals surface area contributed by atoms with Crippen molar-refractivity contribution in [3.63, 3.8) is 0 Å². The maximum absolute atomic E-state index is 12.5. The predicted molar refractivity (Wildman–Crippen MR) is 91.1 cm³/mol. The molecule has 23 heavy (non-hydrogen) atoms. The van der Waals surface area contributed by atoms with Gasteiger partial charge in [-0.3, -0.25) is 14.9 Å². The summed E-state index contributed by atoms with van der Waals surface area (Å²) < 4.78 is 1.53. The third-order valence-corrected chi connectivity index (χ3v) is 4.08. The third-order valence-electron chi connectivity index (χ3n) is 3.39. The molecule has 1 N–H and O–H groups in total. The number of benzene rings is 1. The molecule has 116 valence electrons. The lowest BCUT2D eigenvalue weighted by Crippen LogP contribution is -2.28. The largest absolute Gasteiger partial charge is 0.310 e. The minimum atomic E-state index is -0.441. The average Bonchev–Trinajstić information content (AvgIpc) is 3.04. The number of nitrogens with one attached hydrogen (secondary N) is 1. The van der Waals surface area contributed by atoms with Crippen LogP contribution in [-0.2, 0) is 6.54 Å². The number of hydrogen-bond donors (Lipinski definition) is 1. The second kappa shape index (κ2) is 6.58. The number of nitrogens with zero attached hydrogens (tertiary/aromatic N) is 2. The van der Waals surface area contributed by atoms with Crippen molar-refractivity contribution >= 4 is 22.4 Å². The second-order valence-corrected chi connectivity index (χ2v) is 6.03. The summed E-state index contributed by atoms with van der Waals surface area (Å²) >= 11 is 1.31. The molecule has 1 amide bonds. The zero-order chi connectivity index (χ0) is 16.2. The molecule has 0 saturated carbocycles. The molecule has 0 aliphatic carbocycles. The Hall–Kier alpha value is -2.73. The van der Waals surface area contributed by atoms with Crippen molar-refractivity contribution in [2.75, 3.05) is 5.32 Å². The van der Waals surface area contributed by atoms with Crippen LogP contribution in [0.1, 0.15) is 21.5 Å². The monoisotopic (exact) mass is 325 g/mol. The number of anilines is 1. The first-order chi connectivity index (χ1) is 11.1. The van der Waals surface area contributed by atoms with Gasteiger partial charge in [-0.2, -0.15) is 0 Å². The summed E-state index contributed by atoms with van der Waals surface area (Å²) in [4.78, 5) is 28.7. The highest BCUT2D eigenvalue weighted by Gasteiger charge is 2.13. The molecule has 2 aromatic heterocycles. The summed E-state index contributed by atoms with van der Waals surface area (Å²) in [6, 6.07) is 11.2. The van der Waals surface area contributed by atoms with Gasteiger partial charge in [0.1, 0.15) is 5.56 Å². The lowest BCUT2D eigenvalue weighted by molar-refractivity contribution is 0.102. The van der Waals surface area contributed by atoms with Crippen LogP contribution >= 0.6 is 11.3 Å². The number of pyridine rings is 1. The summed E-state index contributed by atoms with van der Waals surface area (Å²) in [5.41, 5.74) is 1.96. The fourth-order valence-corrected chi connectivity index (χ4v) is 2.70. The van der Waals surface area contributed by atoms with Crippen LogP contribution in [0.15, 0.2) is 59.0 Å². The van der Waals surface area contributed by atoms with E-state index in [1.807, 2.05) is 31.2 Å². The lowest BCUT2D eigenvalue weighted by atomic mass is 10.1. The quantitative estimate of drug-likeness (QED) is 0.802.